The molecule has 1 atom stereocenters. The molecule has 1 fully saturated rings. The Bertz CT molecular complexity index is 261. The van der Waals surface area contributed by atoms with Crippen LogP contribution in [0.1, 0.15) is 10.9 Å². The molecule has 0 aromatic carbocycles. The number of nitrogens with zero attached hydrogens (tertiary/aromatic N) is 1. The van der Waals surface area contributed by atoms with Gasteiger partial charge in [0.25, 0.3) is 0 Å². The van der Waals surface area contributed by atoms with Crippen molar-refractivity contribution in [1.82, 2.24) is 10.2 Å². The summed E-state index contributed by atoms with van der Waals surface area (Å²) in [6.45, 7) is 4.13. The average molecular weight is 212 g/mol. The molecule has 1 aromatic heterocycles. The van der Waals surface area contributed by atoms with Crippen molar-refractivity contribution < 1.29 is 5.11 Å². The molecule has 0 aliphatic carbocycles. The molecule has 1 saturated heterocycles. The van der Waals surface area contributed by atoms with E-state index in [4.69, 9.17) is 5.11 Å². The summed E-state index contributed by atoms with van der Waals surface area (Å²) in [5, 5.41) is 14.5. The van der Waals surface area contributed by atoms with Crippen molar-refractivity contribution in [3.05, 3.63) is 22.4 Å². The van der Waals surface area contributed by atoms with Crippen LogP contribution in [0.25, 0.3) is 0 Å². The van der Waals surface area contributed by atoms with Gasteiger partial charge in [-0.05, 0) is 11.4 Å². The molecule has 0 amide bonds. The molecule has 0 radical (unpaired) electrons. The summed E-state index contributed by atoms with van der Waals surface area (Å²) in [7, 11) is 0. The number of aliphatic hydroxyl groups is 1. The van der Waals surface area contributed by atoms with Crippen LogP contribution in [0, 0.1) is 0 Å². The first-order valence-corrected chi connectivity index (χ1v) is 5.88. The van der Waals surface area contributed by atoms with E-state index in [0.29, 0.717) is 6.04 Å². The quantitative estimate of drug-likeness (QED) is 0.773. The SMILES string of the molecule is OCCN1CCNC(c2cccs2)C1. The lowest BCUT2D eigenvalue weighted by Gasteiger charge is -2.32. The molecule has 1 aliphatic rings. The fourth-order valence-corrected chi connectivity index (χ4v) is 2.63. The second kappa shape index (κ2) is 4.89. The molecule has 2 heterocycles. The number of hydrogen-bond donors (Lipinski definition) is 2. The van der Waals surface area contributed by atoms with Crippen LogP contribution in [-0.2, 0) is 0 Å². The van der Waals surface area contributed by atoms with E-state index in [9.17, 15) is 0 Å². The number of β-amino-alcohol motifs (C(OH)–C–C–N with tert-alkyl or cyclic N) is 1. The van der Waals surface area contributed by atoms with E-state index in [-0.39, 0.29) is 6.61 Å². The van der Waals surface area contributed by atoms with Crippen LogP contribution in [0.3, 0.4) is 0 Å². The lowest BCUT2D eigenvalue weighted by Crippen LogP contribution is -2.46. The van der Waals surface area contributed by atoms with Gasteiger partial charge in [-0.15, -0.1) is 11.3 Å². The van der Waals surface area contributed by atoms with Gasteiger partial charge in [0.05, 0.1) is 12.6 Å². The molecular weight excluding hydrogens is 196 g/mol. The minimum Gasteiger partial charge on any atom is -0.395 e. The highest BCUT2D eigenvalue weighted by Gasteiger charge is 2.20. The first-order chi connectivity index (χ1) is 6.90. The van der Waals surface area contributed by atoms with Crippen molar-refractivity contribution in [3.63, 3.8) is 0 Å². The number of thiophene rings is 1. The smallest absolute Gasteiger partial charge is 0.0558 e. The average Bonchev–Trinajstić information content (AvgIpc) is 2.71. The maximum atomic E-state index is 8.88. The first-order valence-electron chi connectivity index (χ1n) is 5.00. The maximum Gasteiger partial charge on any atom is 0.0558 e. The molecule has 2 rings (SSSR count). The van der Waals surface area contributed by atoms with Gasteiger partial charge in [-0.3, -0.25) is 4.90 Å². The van der Waals surface area contributed by atoms with Gasteiger partial charge in [0, 0.05) is 31.1 Å². The summed E-state index contributed by atoms with van der Waals surface area (Å²) >= 11 is 1.80. The molecule has 14 heavy (non-hydrogen) atoms. The van der Waals surface area contributed by atoms with Crippen molar-refractivity contribution in [2.75, 3.05) is 32.8 Å². The fourth-order valence-electron chi connectivity index (χ4n) is 1.84. The summed E-state index contributed by atoms with van der Waals surface area (Å²) in [4.78, 5) is 3.70. The second-order valence-corrected chi connectivity index (χ2v) is 4.53. The minimum absolute atomic E-state index is 0.261. The third-order valence-electron chi connectivity index (χ3n) is 2.56. The topological polar surface area (TPSA) is 35.5 Å². The predicted octanol–water partition coefficient (Wildman–Crippen LogP) is 0.687. The molecule has 3 nitrogen and oxygen atoms in total. The van der Waals surface area contributed by atoms with Crippen molar-refractivity contribution >= 4 is 11.3 Å². The zero-order valence-corrected chi connectivity index (χ0v) is 8.96. The van der Waals surface area contributed by atoms with Crippen molar-refractivity contribution in [2.45, 2.75) is 6.04 Å². The van der Waals surface area contributed by atoms with Gasteiger partial charge in [-0.25, -0.2) is 0 Å². The molecule has 1 unspecified atom stereocenters. The maximum absolute atomic E-state index is 8.88. The lowest BCUT2D eigenvalue weighted by atomic mass is 10.2. The Labute approximate surface area is 88.4 Å². The first kappa shape index (κ1) is 10.1. The minimum atomic E-state index is 0.261. The standard InChI is InChI=1S/C10H16N2OS/c13-6-5-12-4-3-11-9(8-12)10-2-1-7-14-10/h1-2,7,9,11,13H,3-6,8H2. The van der Waals surface area contributed by atoms with Gasteiger partial charge in [0.2, 0.25) is 0 Å². The zero-order chi connectivity index (χ0) is 9.80. The number of nitrogens with one attached hydrogen (secondary N) is 1. The Kier molecular flexibility index (Phi) is 3.53. The van der Waals surface area contributed by atoms with Crippen LogP contribution in [0.2, 0.25) is 0 Å². The van der Waals surface area contributed by atoms with Gasteiger partial charge in [-0.1, -0.05) is 6.07 Å². The highest BCUT2D eigenvalue weighted by molar-refractivity contribution is 7.10. The van der Waals surface area contributed by atoms with Crippen LogP contribution in [0.5, 0.6) is 0 Å². The number of aliphatic hydroxyl groups excluding tert-OH is 1. The summed E-state index contributed by atoms with van der Waals surface area (Å²) in [5.41, 5.74) is 0. The van der Waals surface area contributed by atoms with Gasteiger partial charge < -0.3 is 10.4 Å². The Balaban J connectivity index is 1.94. The van der Waals surface area contributed by atoms with Crippen LogP contribution in [0.15, 0.2) is 17.5 Å². The summed E-state index contributed by atoms with van der Waals surface area (Å²) in [5.74, 6) is 0. The van der Waals surface area contributed by atoms with E-state index < -0.39 is 0 Å². The summed E-state index contributed by atoms with van der Waals surface area (Å²) < 4.78 is 0. The van der Waals surface area contributed by atoms with Gasteiger partial charge in [-0.2, -0.15) is 0 Å². The van der Waals surface area contributed by atoms with Gasteiger partial charge >= 0.3 is 0 Å². The molecule has 0 bridgehead atoms. The van der Waals surface area contributed by atoms with Crippen molar-refractivity contribution in [1.29, 1.82) is 0 Å². The van der Waals surface area contributed by atoms with E-state index in [1.807, 2.05) is 0 Å². The molecule has 78 valence electrons. The summed E-state index contributed by atoms with van der Waals surface area (Å²) in [6.07, 6.45) is 0. The van der Waals surface area contributed by atoms with E-state index in [0.717, 1.165) is 26.2 Å². The van der Waals surface area contributed by atoms with Crippen molar-refractivity contribution in [2.24, 2.45) is 0 Å². The lowest BCUT2D eigenvalue weighted by molar-refractivity contribution is 0.158. The van der Waals surface area contributed by atoms with E-state index in [1.165, 1.54) is 4.88 Å². The number of rotatable bonds is 3. The molecular formula is C10H16N2OS. The van der Waals surface area contributed by atoms with E-state index >= 15 is 0 Å². The Morgan fingerprint density at radius 2 is 2.57 bits per heavy atom. The number of piperazine rings is 1. The van der Waals surface area contributed by atoms with Crippen LogP contribution in [0.4, 0.5) is 0 Å². The van der Waals surface area contributed by atoms with Crippen LogP contribution in [-0.4, -0.2) is 42.8 Å². The molecule has 1 aliphatic heterocycles. The zero-order valence-electron chi connectivity index (χ0n) is 8.15. The van der Waals surface area contributed by atoms with Crippen molar-refractivity contribution in [3.8, 4) is 0 Å². The highest BCUT2D eigenvalue weighted by Crippen LogP contribution is 2.21. The normalized spacial score (nSPS) is 23.9. The van der Waals surface area contributed by atoms with E-state index in [2.05, 4.69) is 27.7 Å². The predicted molar refractivity (Wildman–Crippen MR) is 58.6 cm³/mol. The van der Waals surface area contributed by atoms with Gasteiger partial charge in [0.15, 0.2) is 0 Å². The third-order valence-corrected chi connectivity index (χ3v) is 3.55. The largest absolute Gasteiger partial charge is 0.395 e. The molecule has 0 spiro atoms. The highest BCUT2D eigenvalue weighted by atomic mass is 32.1. The molecule has 0 saturated carbocycles. The molecule has 2 N–H and O–H groups in total. The Morgan fingerprint density at radius 1 is 1.64 bits per heavy atom. The number of hydrogen-bond acceptors (Lipinski definition) is 4. The Morgan fingerprint density at radius 3 is 3.29 bits per heavy atom. The Hall–Kier alpha value is -0.420. The molecule has 1 aromatic rings. The monoisotopic (exact) mass is 212 g/mol. The second-order valence-electron chi connectivity index (χ2n) is 3.55. The third kappa shape index (κ3) is 2.33. The van der Waals surface area contributed by atoms with E-state index in [1.54, 1.807) is 11.3 Å². The molecule has 4 heteroatoms. The fraction of sp³-hybridized carbons (Fsp3) is 0.600. The summed E-state index contributed by atoms with van der Waals surface area (Å²) in [6, 6.07) is 4.72. The van der Waals surface area contributed by atoms with Crippen LogP contribution < -0.4 is 5.32 Å². The van der Waals surface area contributed by atoms with Gasteiger partial charge in [0.1, 0.15) is 0 Å². The van der Waals surface area contributed by atoms with Crippen LogP contribution >= 0.6 is 11.3 Å².